The third-order valence-electron chi connectivity index (χ3n) is 5.16. The SMILES string of the molecule is COc1cc([N+](=O)[O-])cc2c1N[C@H](c1cccc(Cl)c1Cl)[C@H]1CC=C[C@H]21. The summed E-state index contributed by atoms with van der Waals surface area (Å²) in [6.45, 7) is 0. The predicted octanol–water partition coefficient (Wildman–Crippen LogP) is 5.74. The van der Waals surface area contributed by atoms with Crippen molar-refractivity contribution in [1.29, 1.82) is 0 Å². The van der Waals surface area contributed by atoms with Gasteiger partial charge in [-0.1, -0.05) is 47.5 Å². The number of halogens is 2. The molecule has 26 heavy (non-hydrogen) atoms. The first kappa shape index (κ1) is 17.2. The molecule has 1 aliphatic carbocycles. The maximum Gasteiger partial charge on any atom is 0.273 e. The van der Waals surface area contributed by atoms with Crippen LogP contribution in [0.25, 0.3) is 0 Å². The van der Waals surface area contributed by atoms with Crippen LogP contribution in [0.2, 0.25) is 10.0 Å². The van der Waals surface area contributed by atoms with E-state index >= 15 is 0 Å². The van der Waals surface area contributed by atoms with Crippen LogP contribution in [-0.2, 0) is 0 Å². The number of fused-ring (bicyclic) bond motifs is 3. The van der Waals surface area contributed by atoms with Gasteiger partial charge in [0.05, 0.1) is 39.9 Å². The molecule has 1 N–H and O–H groups in total. The Balaban J connectivity index is 1.88. The molecule has 0 fully saturated rings. The highest BCUT2D eigenvalue weighted by Gasteiger charge is 2.41. The molecule has 2 aromatic rings. The molecular weight excluding hydrogens is 375 g/mol. The molecule has 1 heterocycles. The van der Waals surface area contributed by atoms with Crippen LogP contribution in [0.15, 0.2) is 42.5 Å². The second kappa shape index (κ2) is 6.49. The summed E-state index contributed by atoms with van der Waals surface area (Å²) in [4.78, 5) is 10.9. The van der Waals surface area contributed by atoms with Gasteiger partial charge in [0.15, 0.2) is 0 Å². The van der Waals surface area contributed by atoms with Crippen LogP contribution >= 0.6 is 23.2 Å². The molecule has 7 heteroatoms. The zero-order valence-corrected chi connectivity index (χ0v) is 15.4. The van der Waals surface area contributed by atoms with Gasteiger partial charge in [-0.25, -0.2) is 0 Å². The van der Waals surface area contributed by atoms with Crippen molar-refractivity contribution in [3.63, 3.8) is 0 Å². The van der Waals surface area contributed by atoms with Gasteiger partial charge >= 0.3 is 0 Å². The molecule has 2 aliphatic rings. The standard InChI is InChI=1S/C19H16Cl2N2O3/c1-26-16-9-10(23(24)25)8-14-11-4-2-5-12(11)18(22-19(14)16)13-6-3-7-15(20)17(13)21/h2-4,6-9,11-12,18,22H,5H2,1H3/t11-,12-,18-/m0/s1. The summed E-state index contributed by atoms with van der Waals surface area (Å²) in [7, 11) is 1.51. The minimum atomic E-state index is -0.392. The van der Waals surface area contributed by atoms with Gasteiger partial charge in [0.1, 0.15) is 5.75 Å². The van der Waals surface area contributed by atoms with E-state index in [1.807, 2.05) is 12.1 Å². The minimum Gasteiger partial charge on any atom is -0.494 e. The largest absolute Gasteiger partial charge is 0.494 e. The summed E-state index contributed by atoms with van der Waals surface area (Å²) in [5.74, 6) is 0.710. The Morgan fingerprint density at radius 2 is 2.08 bits per heavy atom. The van der Waals surface area contributed by atoms with Gasteiger partial charge in [0, 0.05) is 12.0 Å². The lowest BCUT2D eigenvalue weighted by molar-refractivity contribution is -0.385. The lowest BCUT2D eigenvalue weighted by atomic mass is 9.76. The number of allylic oxidation sites excluding steroid dienone is 2. The Bertz CT molecular complexity index is 929. The first-order chi connectivity index (χ1) is 12.5. The van der Waals surface area contributed by atoms with Gasteiger partial charge < -0.3 is 10.1 Å². The fourth-order valence-electron chi connectivity index (χ4n) is 3.99. The summed E-state index contributed by atoms with van der Waals surface area (Å²) in [6, 6.07) is 8.62. The maximum atomic E-state index is 11.3. The quantitative estimate of drug-likeness (QED) is 0.412. The number of nitro groups is 1. The van der Waals surface area contributed by atoms with Crippen LogP contribution < -0.4 is 10.1 Å². The smallest absolute Gasteiger partial charge is 0.273 e. The van der Waals surface area contributed by atoms with Gasteiger partial charge in [0.2, 0.25) is 0 Å². The minimum absolute atomic E-state index is 0.0284. The molecule has 0 aromatic heterocycles. The van der Waals surface area contributed by atoms with Crippen molar-refractivity contribution in [2.75, 3.05) is 12.4 Å². The van der Waals surface area contributed by atoms with Crippen molar-refractivity contribution in [3.05, 3.63) is 73.8 Å². The molecule has 2 aromatic carbocycles. The number of nitro benzene ring substituents is 1. The van der Waals surface area contributed by atoms with Gasteiger partial charge in [-0.2, -0.15) is 0 Å². The van der Waals surface area contributed by atoms with E-state index in [1.54, 1.807) is 12.1 Å². The van der Waals surface area contributed by atoms with Crippen molar-refractivity contribution in [1.82, 2.24) is 0 Å². The summed E-state index contributed by atoms with van der Waals surface area (Å²) in [6.07, 6.45) is 5.08. The highest BCUT2D eigenvalue weighted by Crippen LogP contribution is 2.54. The number of anilines is 1. The van der Waals surface area contributed by atoms with Crippen molar-refractivity contribution in [2.45, 2.75) is 18.4 Å². The number of hydrogen-bond donors (Lipinski definition) is 1. The molecule has 0 spiro atoms. The molecule has 0 radical (unpaired) electrons. The summed E-state index contributed by atoms with van der Waals surface area (Å²) < 4.78 is 5.44. The third kappa shape index (κ3) is 2.63. The molecule has 5 nitrogen and oxygen atoms in total. The van der Waals surface area contributed by atoms with Crippen LogP contribution in [-0.4, -0.2) is 12.0 Å². The molecule has 0 bridgehead atoms. The average molecular weight is 391 g/mol. The highest BCUT2D eigenvalue weighted by atomic mass is 35.5. The molecule has 0 saturated heterocycles. The van der Waals surface area contributed by atoms with E-state index in [4.69, 9.17) is 27.9 Å². The van der Waals surface area contributed by atoms with E-state index in [9.17, 15) is 10.1 Å². The molecule has 1 aliphatic heterocycles. The summed E-state index contributed by atoms with van der Waals surface area (Å²) in [5, 5.41) is 15.8. The van der Waals surface area contributed by atoms with Crippen LogP contribution in [0.1, 0.15) is 29.5 Å². The van der Waals surface area contributed by atoms with Crippen LogP contribution in [0.3, 0.4) is 0 Å². The molecule has 0 unspecified atom stereocenters. The van der Waals surface area contributed by atoms with E-state index in [1.165, 1.54) is 13.2 Å². The van der Waals surface area contributed by atoms with E-state index in [-0.39, 0.29) is 23.6 Å². The van der Waals surface area contributed by atoms with Crippen LogP contribution in [0.5, 0.6) is 5.75 Å². The van der Waals surface area contributed by atoms with Gasteiger partial charge in [-0.3, -0.25) is 10.1 Å². The normalized spacial score (nSPS) is 23.1. The zero-order valence-electron chi connectivity index (χ0n) is 13.9. The Hall–Kier alpha value is -2.24. The average Bonchev–Trinajstić information content (AvgIpc) is 3.12. The molecule has 0 saturated carbocycles. The number of nitrogens with one attached hydrogen (secondary N) is 1. The first-order valence-electron chi connectivity index (χ1n) is 8.24. The summed E-state index contributed by atoms with van der Waals surface area (Å²) >= 11 is 12.7. The Kier molecular flexibility index (Phi) is 4.29. The summed E-state index contributed by atoms with van der Waals surface area (Å²) in [5.41, 5.74) is 2.60. The lowest BCUT2D eigenvalue weighted by Crippen LogP contribution is -2.29. The molecule has 0 amide bonds. The third-order valence-corrected chi connectivity index (χ3v) is 6.00. The van der Waals surface area contributed by atoms with Crippen molar-refractivity contribution in [2.24, 2.45) is 5.92 Å². The van der Waals surface area contributed by atoms with Crippen molar-refractivity contribution >= 4 is 34.6 Å². The Morgan fingerprint density at radius 1 is 1.27 bits per heavy atom. The fourth-order valence-corrected chi connectivity index (χ4v) is 4.41. The van der Waals surface area contributed by atoms with Gasteiger partial charge in [-0.05, 0) is 29.5 Å². The second-order valence-corrected chi connectivity index (χ2v) is 7.27. The molecular formula is C19H16Cl2N2O3. The lowest BCUT2D eigenvalue weighted by Gasteiger charge is -2.38. The first-order valence-corrected chi connectivity index (χ1v) is 9.00. The number of non-ortho nitro benzene ring substituents is 1. The van der Waals surface area contributed by atoms with Gasteiger partial charge in [0.25, 0.3) is 5.69 Å². The van der Waals surface area contributed by atoms with Gasteiger partial charge in [-0.15, -0.1) is 0 Å². The molecule has 134 valence electrons. The van der Waals surface area contributed by atoms with Crippen molar-refractivity contribution in [3.8, 4) is 5.75 Å². The van der Waals surface area contributed by atoms with Crippen LogP contribution in [0, 0.1) is 16.0 Å². The molecule has 4 rings (SSSR count). The zero-order chi connectivity index (χ0) is 18.4. The number of hydrogen-bond acceptors (Lipinski definition) is 4. The van der Waals surface area contributed by atoms with Crippen LogP contribution in [0.4, 0.5) is 11.4 Å². The number of methoxy groups -OCH3 is 1. The van der Waals surface area contributed by atoms with E-state index in [0.29, 0.717) is 15.8 Å². The fraction of sp³-hybridized carbons (Fsp3) is 0.263. The van der Waals surface area contributed by atoms with E-state index in [2.05, 4.69) is 17.5 Å². The van der Waals surface area contributed by atoms with E-state index in [0.717, 1.165) is 23.2 Å². The number of rotatable bonds is 3. The highest BCUT2D eigenvalue weighted by molar-refractivity contribution is 6.42. The Labute approximate surface area is 160 Å². The number of benzene rings is 2. The topological polar surface area (TPSA) is 64.4 Å². The second-order valence-electron chi connectivity index (χ2n) is 6.49. The number of ether oxygens (including phenoxy) is 1. The predicted molar refractivity (Wildman–Crippen MR) is 102 cm³/mol. The monoisotopic (exact) mass is 390 g/mol. The Morgan fingerprint density at radius 3 is 2.81 bits per heavy atom. The molecule has 3 atom stereocenters. The number of nitrogens with zero attached hydrogens (tertiary/aromatic N) is 1. The van der Waals surface area contributed by atoms with E-state index < -0.39 is 4.92 Å². The maximum absolute atomic E-state index is 11.3. The van der Waals surface area contributed by atoms with Crippen molar-refractivity contribution < 1.29 is 9.66 Å².